The Morgan fingerprint density at radius 1 is 1.62 bits per heavy atom. The lowest BCUT2D eigenvalue weighted by molar-refractivity contribution is 0.156. The monoisotopic (exact) mass is 114 g/mol. The van der Waals surface area contributed by atoms with Crippen molar-refractivity contribution in [2.45, 2.75) is 26.4 Å². The van der Waals surface area contributed by atoms with Gasteiger partial charge in [-0.25, -0.2) is 0 Å². The fraction of sp³-hybridized carbons (Fsp3) is 0.714. The predicted octanol–water partition coefficient (Wildman–Crippen LogP) is 1.99. The molecule has 1 atom stereocenters. The van der Waals surface area contributed by atoms with E-state index in [1.807, 2.05) is 6.92 Å². The second-order valence-electron chi connectivity index (χ2n) is 1.78. The molecule has 0 radical (unpaired) electrons. The first kappa shape index (κ1) is 7.70. The highest BCUT2D eigenvalue weighted by Crippen LogP contribution is 1.90. The van der Waals surface area contributed by atoms with Crippen LogP contribution in [0.1, 0.15) is 20.3 Å². The van der Waals surface area contributed by atoms with Crippen molar-refractivity contribution < 1.29 is 4.74 Å². The van der Waals surface area contributed by atoms with Gasteiger partial charge < -0.3 is 4.74 Å². The van der Waals surface area contributed by atoms with E-state index in [4.69, 9.17) is 4.74 Å². The SMILES string of the molecule is CC/C=C/C(C)OC. The van der Waals surface area contributed by atoms with Gasteiger partial charge in [0.1, 0.15) is 0 Å². The van der Waals surface area contributed by atoms with Crippen LogP contribution in [0.2, 0.25) is 0 Å². The van der Waals surface area contributed by atoms with Crippen molar-refractivity contribution in [3.63, 3.8) is 0 Å². The van der Waals surface area contributed by atoms with Gasteiger partial charge in [-0.1, -0.05) is 19.1 Å². The third-order valence-corrected chi connectivity index (χ3v) is 1.01. The van der Waals surface area contributed by atoms with Crippen molar-refractivity contribution in [2.75, 3.05) is 7.11 Å². The van der Waals surface area contributed by atoms with Crippen LogP contribution in [0.5, 0.6) is 0 Å². The summed E-state index contributed by atoms with van der Waals surface area (Å²) in [6.07, 6.45) is 5.52. The third-order valence-electron chi connectivity index (χ3n) is 1.01. The quantitative estimate of drug-likeness (QED) is 0.510. The molecule has 0 aliphatic heterocycles. The lowest BCUT2D eigenvalue weighted by atomic mass is 10.3. The minimum atomic E-state index is 0.273. The van der Waals surface area contributed by atoms with Gasteiger partial charge in [0.2, 0.25) is 0 Å². The Balaban J connectivity index is 3.21. The van der Waals surface area contributed by atoms with Gasteiger partial charge in [-0.15, -0.1) is 0 Å². The van der Waals surface area contributed by atoms with Crippen LogP contribution in [0.15, 0.2) is 12.2 Å². The van der Waals surface area contributed by atoms with E-state index in [9.17, 15) is 0 Å². The standard InChI is InChI=1S/C7H14O/c1-4-5-6-7(2)8-3/h5-7H,4H2,1-3H3/b6-5+. The van der Waals surface area contributed by atoms with Crippen LogP contribution in [0.3, 0.4) is 0 Å². The van der Waals surface area contributed by atoms with Crippen LogP contribution in [0.4, 0.5) is 0 Å². The summed E-state index contributed by atoms with van der Waals surface area (Å²) < 4.78 is 4.97. The van der Waals surface area contributed by atoms with Crippen LogP contribution in [-0.2, 0) is 4.74 Å². The number of rotatable bonds is 3. The maximum atomic E-state index is 4.97. The van der Waals surface area contributed by atoms with Crippen molar-refractivity contribution in [1.82, 2.24) is 0 Å². The first-order valence-corrected chi connectivity index (χ1v) is 3.00. The summed E-state index contributed by atoms with van der Waals surface area (Å²) in [7, 11) is 1.71. The molecule has 1 unspecified atom stereocenters. The third kappa shape index (κ3) is 3.88. The molecule has 1 heteroatoms. The molecule has 0 saturated carbocycles. The van der Waals surface area contributed by atoms with E-state index < -0.39 is 0 Å². The highest BCUT2D eigenvalue weighted by Gasteiger charge is 1.86. The first-order valence-electron chi connectivity index (χ1n) is 3.00. The van der Waals surface area contributed by atoms with Crippen molar-refractivity contribution in [2.24, 2.45) is 0 Å². The summed E-state index contributed by atoms with van der Waals surface area (Å²) in [5.41, 5.74) is 0. The molecule has 0 N–H and O–H groups in total. The number of hydrogen-bond acceptors (Lipinski definition) is 1. The molecule has 0 rings (SSSR count). The zero-order chi connectivity index (χ0) is 6.41. The van der Waals surface area contributed by atoms with Crippen LogP contribution < -0.4 is 0 Å². The minimum absolute atomic E-state index is 0.273. The van der Waals surface area contributed by atoms with Gasteiger partial charge in [0, 0.05) is 7.11 Å². The number of allylic oxidation sites excluding steroid dienone is 1. The van der Waals surface area contributed by atoms with E-state index in [1.165, 1.54) is 0 Å². The van der Waals surface area contributed by atoms with Gasteiger partial charge in [-0.05, 0) is 13.3 Å². The van der Waals surface area contributed by atoms with Crippen molar-refractivity contribution >= 4 is 0 Å². The fourth-order valence-electron chi connectivity index (χ4n) is 0.406. The normalized spacial score (nSPS) is 14.9. The maximum Gasteiger partial charge on any atom is 0.0723 e. The first-order chi connectivity index (χ1) is 3.81. The lowest BCUT2D eigenvalue weighted by Gasteiger charge is -1.99. The molecule has 0 aliphatic carbocycles. The zero-order valence-corrected chi connectivity index (χ0v) is 5.85. The Kier molecular flexibility index (Phi) is 4.67. The molecule has 0 aliphatic rings. The van der Waals surface area contributed by atoms with Gasteiger partial charge in [0.15, 0.2) is 0 Å². The molecule has 0 aromatic heterocycles. The van der Waals surface area contributed by atoms with Gasteiger partial charge in [0.25, 0.3) is 0 Å². The molecule has 48 valence electrons. The fourth-order valence-corrected chi connectivity index (χ4v) is 0.406. The molecular formula is C7H14O. The van der Waals surface area contributed by atoms with Crippen LogP contribution in [0, 0.1) is 0 Å². The smallest absolute Gasteiger partial charge is 0.0723 e. The zero-order valence-electron chi connectivity index (χ0n) is 5.85. The summed E-state index contributed by atoms with van der Waals surface area (Å²) in [6.45, 7) is 4.13. The predicted molar refractivity (Wildman–Crippen MR) is 35.9 cm³/mol. The molecular weight excluding hydrogens is 100 g/mol. The minimum Gasteiger partial charge on any atom is -0.378 e. The second-order valence-corrected chi connectivity index (χ2v) is 1.78. The van der Waals surface area contributed by atoms with E-state index in [2.05, 4.69) is 19.1 Å². The molecule has 0 heterocycles. The molecule has 0 aromatic rings. The Bertz CT molecular complexity index is 66.8. The van der Waals surface area contributed by atoms with Crippen molar-refractivity contribution in [3.8, 4) is 0 Å². The summed E-state index contributed by atoms with van der Waals surface area (Å²) in [4.78, 5) is 0. The Morgan fingerprint density at radius 2 is 2.25 bits per heavy atom. The summed E-state index contributed by atoms with van der Waals surface area (Å²) >= 11 is 0. The van der Waals surface area contributed by atoms with Gasteiger partial charge in [0.05, 0.1) is 6.10 Å². The average molecular weight is 114 g/mol. The van der Waals surface area contributed by atoms with E-state index >= 15 is 0 Å². The van der Waals surface area contributed by atoms with Gasteiger partial charge in [-0.2, -0.15) is 0 Å². The molecule has 0 spiro atoms. The molecule has 1 nitrogen and oxygen atoms in total. The molecule has 0 fully saturated rings. The van der Waals surface area contributed by atoms with Crippen LogP contribution in [-0.4, -0.2) is 13.2 Å². The lowest BCUT2D eigenvalue weighted by Crippen LogP contribution is -1.97. The van der Waals surface area contributed by atoms with E-state index in [0.29, 0.717) is 0 Å². The second kappa shape index (κ2) is 4.85. The topological polar surface area (TPSA) is 9.23 Å². The van der Waals surface area contributed by atoms with Crippen molar-refractivity contribution in [1.29, 1.82) is 0 Å². The molecule has 0 saturated heterocycles. The summed E-state index contributed by atoms with van der Waals surface area (Å²) in [5, 5.41) is 0. The van der Waals surface area contributed by atoms with Crippen LogP contribution >= 0.6 is 0 Å². The van der Waals surface area contributed by atoms with E-state index in [0.717, 1.165) is 6.42 Å². The van der Waals surface area contributed by atoms with E-state index in [-0.39, 0.29) is 6.10 Å². The highest BCUT2D eigenvalue weighted by atomic mass is 16.5. The molecule has 0 amide bonds. The molecule has 8 heavy (non-hydrogen) atoms. The largest absolute Gasteiger partial charge is 0.378 e. The van der Waals surface area contributed by atoms with Crippen molar-refractivity contribution in [3.05, 3.63) is 12.2 Å². The summed E-state index contributed by atoms with van der Waals surface area (Å²) in [6, 6.07) is 0. The number of ether oxygens (including phenoxy) is 1. The van der Waals surface area contributed by atoms with Gasteiger partial charge in [-0.3, -0.25) is 0 Å². The molecule has 0 bridgehead atoms. The Labute approximate surface area is 51.4 Å². The van der Waals surface area contributed by atoms with Crippen LogP contribution in [0.25, 0.3) is 0 Å². The van der Waals surface area contributed by atoms with Gasteiger partial charge >= 0.3 is 0 Å². The summed E-state index contributed by atoms with van der Waals surface area (Å²) in [5.74, 6) is 0. The average Bonchev–Trinajstić information content (AvgIpc) is 1.83. The van der Waals surface area contributed by atoms with E-state index in [1.54, 1.807) is 7.11 Å². The highest BCUT2D eigenvalue weighted by molar-refractivity contribution is 4.85. The number of methoxy groups -OCH3 is 1. The number of hydrogen-bond donors (Lipinski definition) is 0. The maximum absolute atomic E-state index is 4.97. The molecule has 0 aromatic carbocycles. The Hall–Kier alpha value is -0.300. The Morgan fingerprint density at radius 3 is 2.62 bits per heavy atom.